The largest absolute Gasteiger partial charge is 0.587 e. The Hall–Kier alpha value is -4.40. The van der Waals surface area contributed by atoms with Crippen LogP contribution < -0.4 is 20.5 Å². The number of fused-ring (bicyclic) bond motifs is 1. The second-order valence-corrected chi connectivity index (χ2v) is 13.1. The molecule has 250 valence electrons. The highest BCUT2D eigenvalue weighted by Gasteiger charge is 2.54. The molecule has 2 aromatic heterocycles. The van der Waals surface area contributed by atoms with Gasteiger partial charge in [0.15, 0.2) is 17.7 Å². The molecule has 0 aliphatic carbocycles. The number of aromatic nitrogens is 4. The minimum Gasteiger partial charge on any atom is -0.395 e. The number of ketones is 2. The van der Waals surface area contributed by atoms with Gasteiger partial charge in [0, 0.05) is 12.8 Å². The van der Waals surface area contributed by atoms with Gasteiger partial charge >= 0.3 is 7.82 Å². The van der Waals surface area contributed by atoms with Crippen LogP contribution in [0.2, 0.25) is 0 Å². The Morgan fingerprint density at radius 3 is 2.09 bits per heavy atom. The minimum absolute atomic E-state index is 0.0201. The fourth-order valence-corrected chi connectivity index (χ4v) is 6.51. The minimum atomic E-state index is -4.58. The fraction of sp³-hybridized carbons (Fsp3) is 0.387. The van der Waals surface area contributed by atoms with Crippen LogP contribution in [0.4, 0.5) is 11.8 Å². The van der Waals surface area contributed by atoms with E-state index in [1.165, 1.54) is 31.7 Å². The first-order valence-corrected chi connectivity index (χ1v) is 16.3. The van der Waals surface area contributed by atoms with Crippen molar-refractivity contribution in [2.24, 2.45) is 0 Å². The summed E-state index contributed by atoms with van der Waals surface area (Å²) in [6.07, 6.45) is -1.65. The third-order valence-electron chi connectivity index (χ3n) is 7.73. The Bertz CT molecular complexity index is 1760. The average molecular weight is 669 g/mol. The molecule has 1 aliphatic heterocycles. The Morgan fingerprint density at radius 2 is 1.53 bits per heavy atom. The van der Waals surface area contributed by atoms with E-state index >= 15 is 0 Å². The number of aliphatic hydroxyl groups is 2. The summed E-state index contributed by atoms with van der Waals surface area (Å²) in [4.78, 5) is 35.6. The van der Waals surface area contributed by atoms with Crippen molar-refractivity contribution >= 4 is 42.3 Å². The molecule has 15 nitrogen and oxygen atoms in total. The van der Waals surface area contributed by atoms with Crippen LogP contribution in [0.5, 0.6) is 11.5 Å². The Balaban J connectivity index is 1.44. The van der Waals surface area contributed by atoms with Crippen LogP contribution in [0.15, 0.2) is 54.9 Å². The first kappa shape index (κ1) is 33.9. The Kier molecular flexibility index (Phi) is 9.94. The molecule has 0 amide bonds. The van der Waals surface area contributed by atoms with Crippen molar-refractivity contribution in [1.82, 2.24) is 19.5 Å². The molecule has 1 aliphatic rings. The number of carbonyl (C=O) groups is 2. The number of para-hydroxylation sites is 2. The summed E-state index contributed by atoms with van der Waals surface area (Å²) in [5.74, 6) is 0.147. The van der Waals surface area contributed by atoms with E-state index in [1.54, 1.807) is 48.5 Å². The predicted octanol–water partition coefficient (Wildman–Crippen LogP) is 3.33. The number of imidazole rings is 1. The molecule has 4 aromatic rings. The SMILES string of the molecule is CC(=O)CCc1ccccc1OP(=O)(OC[C@H]1O[C@@H](n2cnc3c(N)nc(N)nc32)C(C)(O)[C@H]1O)Oc1ccccc1CCC(C)=O. The number of hydrogen-bond donors (Lipinski definition) is 4. The summed E-state index contributed by atoms with van der Waals surface area (Å²) in [6.45, 7) is 3.74. The first-order chi connectivity index (χ1) is 22.3. The van der Waals surface area contributed by atoms with Crippen LogP contribution in [0, 0.1) is 0 Å². The molecule has 1 saturated heterocycles. The van der Waals surface area contributed by atoms with Gasteiger partial charge in [0.25, 0.3) is 0 Å². The van der Waals surface area contributed by atoms with E-state index in [-0.39, 0.29) is 58.8 Å². The zero-order chi connectivity index (χ0) is 33.9. The molecule has 16 heteroatoms. The molecule has 0 spiro atoms. The van der Waals surface area contributed by atoms with E-state index < -0.39 is 38.5 Å². The number of anilines is 2. The number of phosphoric acid groups is 1. The zero-order valence-corrected chi connectivity index (χ0v) is 27.0. The summed E-state index contributed by atoms with van der Waals surface area (Å²) in [7, 11) is -4.58. The number of nitrogens with zero attached hydrogens (tertiary/aromatic N) is 4. The molecule has 5 rings (SSSR count). The lowest BCUT2D eigenvalue weighted by Gasteiger charge is -2.27. The number of carbonyl (C=O) groups excluding carboxylic acids is 2. The highest BCUT2D eigenvalue weighted by Crippen LogP contribution is 2.52. The van der Waals surface area contributed by atoms with E-state index in [1.807, 2.05) is 0 Å². The van der Waals surface area contributed by atoms with Gasteiger partial charge in [-0.25, -0.2) is 9.55 Å². The highest BCUT2D eigenvalue weighted by molar-refractivity contribution is 7.49. The van der Waals surface area contributed by atoms with Crippen molar-refractivity contribution < 1.29 is 42.7 Å². The van der Waals surface area contributed by atoms with E-state index in [0.717, 1.165) is 0 Å². The molecule has 2 aromatic carbocycles. The molecule has 1 fully saturated rings. The molecule has 4 atom stereocenters. The molecule has 0 bridgehead atoms. The van der Waals surface area contributed by atoms with Gasteiger partial charge in [0.1, 0.15) is 46.4 Å². The normalized spacial score (nSPS) is 21.2. The second kappa shape index (κ2) is 13.8. The summed E-state index contributed by atoms with van der Waals surface area (Å²) in [5, 5.41) is 22.5. The maximum absolute atomic E-state index is 14.5. The van der Waals surface area contributed by atoms with Gasteiger partial charge in [-0.1, -0.05) is 36.4 Å². The van der Waals surface area contributed by atoms with Crippen LogP contribution in [-0.4, -0.2) is 65.7 Å². The van der Waals surface area contributed by atoms with Crippen molar-refractivity contribution in [3.05, 3.63) is 66.0 Å². The molecule has 47 heavy (non-hydrogen) atoms. The topological polar surface area (TPSA) is 224 Å². The number of rotatable bonds is 14. The van der Waals surface area contributed by atoms with Gasteiger partial charge in [0.05, 0.1) is 12.9 Å². The van der Waals surface area contributed by atoms with Gasteiger partial charge in [-0.3, -0.25) is 9.09 Å². The van der Waals surface area contributed by atoms with Crippen LogP contribution in [0.25, 0.3) is 11.2 Å². The van der Waals surface area contributed by atoms with Gasteiger partial charge in [-0.05, 0) is 56.9 Å². The lowest BCUT2D eigenvalue weighted by atomic mass is 9.96. The van der Waals surface area contributed by atoms with E-state index in [2.05, 4.69) is 15.0 Å². The lowest BCUT2D eigenvalue weighted by Crippen LogP contribution is -2.44. The molecular formula is C31H37N6O9P. The lowest BCUT2D eigenvalue weighted by molar-refractivity contribution is -0.117. The number of aryl methyl sites for hydroxylation is 2. The summed E-state index contributed by atoms with van der Waals surface area (Å²) in [6, 6.07) is 13.4. The Labute approximate surface area is 270 Å². The molecule has 3 heterocycles. The maximum Gasteiger partial charge on any atom is 0.587 e. The monoisotopic (exact) mass is 668 g/mol. The van der Waals surface area contributed by atoms with Crippen LogP contribution in [-0.2, 0) is 36.3 Å². The molecular weight excluding hydrogens is 631 g/mol. The molecule has 0 saturated carbocycles. The predicted molar refractivity (Wildman–Crippen MR) is 170 cm³/mol. The van der Waals surface area contributed by atoms with Crippen molar-refractivity contribution in [2.75, 3.05) is 18.1 Å². The third kappa shape index (κ3) is 7.61. The maximum atomic E-state index is 14.5. The van der Waals surface area contributed by atoms with E-state index in [0.29, 0.717) is 24.0 Å². The first-order valence-electron chi connectivity index (χ1n) is 14.9. The zero-order valence-electron chi connectivity index (χ0n) is 26.1. The highest BCUT2D eigenvalue weighted by atomic mass is 31.2. The summed E-state index contributed by atoms with van der Waals surface area (Å²) < 4.78 is 39.6. The number of Topliss-reactive ketones (excluding diaryl/α,β-unsaturated/α-hetero) is 2. The molecule has 0 radical (unpaired) electrons. The average Bonchev–Trinajstić information content (AvgIpc) is 3.52. The van der Waals surface area contributed by atoms with Crippen molar-refractivity contribution in [2.45, 2.75) is 70.5 Å². The quantitative estimate of drug-likeness (QED) is 0.142. The van der Waals surface area contributed by atoms with Crippen LogP contribution >= 0.6 is 7.82 Å². The van der Waals surface area contributed by atoms with Crippen molar-refractivity contribution in [3.63, 3.8) is 0 Å². The van der Waals surface area contributed by atoms with Gasteiger partial charge in [0.2, 0.25) is 5.95 Å². The van der Waals surface area contributed by atoms with Gasteiger partial charge in [-0.2, -0.15) is 9.97 Å². The number of ether oxygens (including phenoxy) is 1. The van der Waals surface area contributed by atoms with Crippen molar-refractivity contribution in [1.29, 1.82) is 0 Å². The second-order valence-electron chi connectivity index (χ2n) is 11.5. The number of nitrogens with two attached hydrogens (primary N) is 2. The van der Waals surface area contributed by atoms with E-state index in [4.69, 9.17) is 29.8 Å². The fourth-order valence-electron chi connectivity index (χ4n) is 5.20. The standard InChI is InChI=1S/C31H37N6O9P/c1-18(38)12-14-20-8-4-6-10-22(20)45-47(42,46-23-11-7-5-9-21(23)15-13-19(2)39)43-16-24-26(40)31(3,41)29(44-24)37-17-34-25-27(32)35-30(33)36-28(25)37/h4-11,17,24,26,29,40-41H,12-16H2,1-3H3,(H4,32,33,35,36)/t24-,26+,29-,31?/m1/s1. The van der Waals surface area contributed by atoms with Gasteiger partial charge < -0.3 is 45.1 Å². The van der Waals surface area contributed by atoms with Crippen LogP contribution in [0.3, 0.4) is 0 Å². The number of hydrogen-bond acceptors (Lipinski definition) is 14. The molecule has 6 N–H and O–H groups in total. The van der Waals surface area contributed by atoms with Gasteiger partial charge in [-0.15, -0.1) is 0 Å². The summed E-state index contributed by atoms with van der Waals surface area (Å²) in [5.41, 5.74) is 11.3. The number of benzene rings is 2. The third-order valence-corrected chi connectivity index (χ3v) is 9.03. The number of aliphatic hydroxyl groups excluding tert-OH is 1. The smallest absolute Gasteiger partial charge is 0.395 e. The van der Waals surface area contributed by atoms with Crippen LogP contribution in [0.1, 0.15) is 51.0 Å². The number of phosphoric ester groups is 1. The Morgan fingerprint density at radius 1 is 0.979 bits per heavy atom. The molecule has 1 unspecified atom stereocenters. The summed E-state index contributed by atoms with van der Waals surface area (Å²) >= 11 is 0. The number of nitrogen functional groups attached to an aromatic ring is 2. The van der Waals surface area contributed by atoms with Crippen molar-refractivity contribution in [3.8, 4) is 11.5 Å². The van der Waals surface area contributed by atoms with E-state index in [9.17, 15) is 24.4 Å².